The number of nitrogens with one attached hydrogen (secondary N) is 1. The Morgan fingerprint density at radius 1 is 1.18 bits per heavy atom. The Balaban J connectivity index is 1.52. The normalized spacial score (nSPS) is 30.8. The van der Waals surface area contributed by atoms with E-state index in [2.05, 4.69) is 33.4 Å². The molecule has 2 fully saturated rings. The number of hydrogen-bond acceptors (Lipinski definition) is 2. The summed E-state index contributed by atoms with van der Waals surface area (Å²) in [6, 6.07) is 8.91. The molecule has 0 radical (unpaired) electrons. The van der Waals surface area contributed by atoms with Crippen LogP contribution in [0.5, 0.6) is 0 Å². The van der Waals surface area contributed by atoms with Crippen molar-refractivity contribution in [2.45, 2.75) is 57.0 Å². The number of carbonyl (C=O) groups excluding carboxylic acids is 1. The third-order valence-corrected chi connectivity index (χ3v) is 5.79. The van der Waals surface area contributed by atoms with Crippen LogP contribution in [0.15, 0.2) is 28.7 Å². The maximum atomic E-state index is 12.3. The Bertz CT molecular complexity index is 502. The van der Waals surface area contributed by atoms with Gasteiger partial charge in [-0.2, -0.15) is 0 Å². The Morgan fingerprint density at radius 3 is 2.45 bits per heavy atom. The molecule has 2 unspecified atom stereocenters. The molecule has 1 aromatic rings. The highest BCUT2D eigenvalue weighted by molar-refractivity contribution is 9.10. The Labute approximate surface area is 141 Å². The first-order chi connectivity index (χ1) is 10.6. The molecule has 3 nitrogen and oxygen atoms in total. The van der Waals surface area contributed by atoms with E-state index < -0.39 is 0 Å². The van der Waals surface area contributed by atoms with Crippen molar-refractivity contribution in [3.05, 3.63) is 34.3 Å². The maximum absolute atomic E-state index is 12.3. The molecule has 1 aromatic carbocycles. The van der Waals surface area contributed by atoms with Crippen molar-refractivity contribution in [1.29, 1.82) is 0 Å². The Kier molecular flexibility index (Phi) is 5.19. The van der Waals surface area contributed by atoms with Gasteiger partial charge in [-0.25, -0.2) is 0 Å². The predicted molar refractivity (Wildman–Crippen MR) is 92.4 cm³/mol. The number of nitrogens with two attached hydrogens (primary N) is 1. The van der Waals surface area contributed by atoms with Crippen molar-refractivity contribution < 1.29 is 4.79 Å². The topological polar surface area (TPSA) is 55.1 Å². The van der Waals surface area contributed by atoms with E-state index in [0.717, 1.165) is 23.7 Å². The molecule has 0 aliphatic heterocycles. The summed E-state index contributed by atoms with van der Waals surface area (Å²) in [6.45, 7) is 0. The highest BCUT2D eigenvalue weighted by atomic mass is 79.9. The van der Waals surface area contributed by atoms with Gasteiger partial charge in [0.15, 0.2) is 0 Å². The lowest BCUT2D eigenvalue weighted by atomic mass is 9.67. The molecular formula is C18H25BrN2O. The van der Waals surface area contributed by atoms with Crippen LogP contribution in [0.2, 0.25) is 0 Å². The SMILES string of the molecule is NC1CC2CCCC(C1)C2NC(=O)CCc1ccc(Br)cc1. The average molecular weight is 365 g/mol. The van der Waals surface area contributed by atoms with Gasteiger partial charge >= 0.3 is 0 Å². The number of carbonyl (C=O) groups is 1. The van der Waals surface area contributed by atoms with Crippen LogP contribution in [0.4, 0.5) is 0 Å². The van der Waals surface area contributed by atoms with Gasteiger partial charge in [-0.15, -0.1) is 0 Å². The number of fused-ring (bicyclic) bond motifs is 2. The summed E-state index contributed by atoms with van der Waals surface area (Å²) in [7, 11) is 0. The van der Waals surface area contributed by atoms with E-state index in [9.17, 15) is 4.79 Å². The summed E-state index contributed by atoms with van der Waals surface area (Å²) in [4.78, 5) is 12.3. The molecule has 1 amide bonds. The van der Waals surface area contributed by atoms with Gasteiger partial charge in [0.1, 0.15) is 0 Å². The molecule has 0 saturated heterocycles. The van der Waals surface area contributed by atoms with Crippen molar-refractivity contribution in [2.24, 2.45) is 17.6 Å². The molecule has 22 heavy (non-hydrogen) atoms. The first-order valence-electron chi connectivity index (χ1n) is 8.41. The number of halogens is 1. The summed E-state index contributed by atoms with van der Waals surface area (Å²) in [5.41, 5.74) is 7.36. The highest BCUT2D eigenvalue weighted by Crippen LogP contribution is 2.39. The van der Waals surface area contributed by atoms with Gasteiger partial charge in [-0.3, -0.25) is 4.79 Å². The number of hydrogen-bond donors (Lipinski definition) is 2. The zero-order valence-corrected chi connectivity index (χ0v) is 14.5. The van der Waals surface area contributed by atoms with Crippen LogP contribution >= 0.6 is 15.9 Å². The lowest BCUT2D eigenvalue weighted by molar-refractivity contribution is -0.123. The summed E-state index contributed by atoms with van der Waals surface area (Å²) < 4.78 is 1.08. The van der Waals surface area contributed by atoms with Crippen LogP contribution in [0.25, 0.3) is 0 Å². The Morgan fingerprint density at radius 2 is 1.82 bits per heavy atom. The van der Waals surface area contributed by atoms with E-state index in [0.29, 0.717) is 30.3 Å². The zero-order valence-electron chi connectivity index (χ0n) is 12.9. The van der Waals surface area contributed by atoms with E-state index in [-0.39, 0.29) is 5.91 Å². The van der Waals surface area contributed by atoms with Crippen molar-refractivity contribution in [3.8, 4) is 0 Å². The van der Waals surface area contributed by atoms with E-state index in [1.165, 1.54) is 24.8 Å². The molecular weight excluding hydrogens is 340 g/mol. The number of rotatable bonds is 4. The second kappa shape index (κ2) is 7.14. The number of aryl methyl sites for hydroxylation is 1. The van der Waals surface area contributed by atoms with Crippen LogP contribution in [-0.2, 0) is 11.2 Å². The van der Waals surface area contributed by atoms with E-state index in [1.54, 1.807) is 0 Å². The van der Waals surface area contributed by atoms with Crippen molar-refractivity contribution in [2.75, 3.05) is 0 Å². The van der Waals surface area contributed by atoms with Gasteiger partial charge in [0.05, 0.1) is 0 Å². The summed E-state index contributed by atoms with van der Waals surface area (Å²) in [6.07, 6.45) is 7.28. The van der Waals surface area contributed by atoms with E-state index in [4.69, 9.17) is 5.73 Å². The first kappa shape index (κ1) is 16.0. The molecule has 0 aromatic heterocycles. The quantitative estimate of drug-likeness (QED) is 0.859. The second-order valence-electron chi connectivity index (χ2n) is 6.90. The lowest BCUT2D eigenvalue weighted by Crippen LogP contribution is -2.53. The fraction of sp³-hybridized carbons (Fsp3) is 0.611. The standard InChI is InChI=1S/C18H25BrN2O/c19-15-7-4-12(5-8-15)6-9-17(22)21-18-13-2-1-3-14(18)11-16(20)10-13/h4-5,7-8,13-14,16,18H,1-3,6,9-11,20H2,(H,21,22). The zero-order chi connectivity index (χ0) is 15.5. The fourth-order valence-electron chi connectivity index (χ4n) is 4.19. The van der Waals surface area contributed by atoms with Gasteiger partial charge in [0.25, 0.3) is 0 Å². The van der Waals surface area contributed by atoms with E-state index >= 15 is 0 Å². The summed E-state index contributed by atoms with van der Waals surface area (Å²) in [5.74, 6) is 1.39. The lowest BCUT2D eigenvalue weighted by Gasteiger charge is -2.45. The first-order valence-corrected chi connectivity index (χ1v) is 9.20. The van der Waals surface area contributed by atoms with Crippen LogP contribution < -0.4 is 11.1 Å². The molecule has 3 rings (SSSR count). The van der Waals surface area contributed by atoms with Crippen molar-refractivity contribution in [3.63, 3.8) is 0 Å². The van der Waals surface area contributed by atoms with Crippen molar-refractivity contribution in [1.82, 2.24) is 5.32 Å². The minimum atomic E-state index is 0.195. The van der Waals surface area contributed by atoms with Crippen LogP contribution in [-0.4, -0.2) is 18.0 Å². The summed E-state index contributed by atoms with van der Waals surface area (Å²) >= 11 is 3.43. The van der Waals surface area contributed by atoms with Gasteiger partial charge in [0, 0.05) is 23.0 Å². The largest absolute Gasteiger partial charge is 0.353 e. The minimum Gasteiger partial charge on any atom is -0.353 e. The third-order valence-electron chi connectivity index (χ3n) is 5.26. The van der Waals surface area contributed by atoms with E-state index in [1.807, 2.05) is 12.1 Å². The van der Waals surface area contributed by atoms with Crippen molar-refractivity contribution >= 4 is 21.8 Å². The van der Waals surface area contributed by atoms with Crippen LogP contribution in [0, 0.1) is 11.8 Å². The fourth-order valence-corrected chi connectivity index (χ4v) is 4.46. The molecule has 2 aliphatic carbocycles. The smallest absolute Gasteiger partial charge is 0.220 e. The van der Waals surface area contributed by atoms with Gasteiger partial charge in [-0.05, 0) is 61.6 Å². The molecule has 3 N–H and O–H groups in total. The molecule has 0 heterocycles. The Hall–Kier alpha value is -0.870. The molecule has 0 spiro atoms. The third kappa shape index (κ3) is 3.90. The highest BCUT2D eigenvalue weighted by Gasteiger charge is 2.39. The second-order valence-corrected chi connectivity index (χ2v) is 7.82. The molecule has 2 saturated carbocycles. The maximum Gasteiger partial charge on any atom is 0.220 e. The van der Waals surface area contributed by atoms with Gasteiger partial charge < -0.3 is 11.1 Å². The monoisotopic (exact) mass is 364 g/mol. The van der Waals surface area contributed by atoms with Crippen LogP contribution in [0.3, 0.4) is 0 Å². The van der Waals surface area contributed by atoms with Gasteiger partial charge in [0.2, 0.25) is 5.91 Å². The molecule has 2 atom stereocenters. The molecule has 120 valence electrons. The predicted octanol–water partition coefficient (Wildman–Crippen LogP) is 3.40. The molecule has 2 aliphatic rings. The molecule has 2 bridgehead atoms. The average Bonchev–Trinajstić information content (AvgIpc) is 2.48. The molecule has 4 heteroatoms. The van der Waals surface area contributed by atoms with Gasteiger partial charge in [-0.1, -0.05) is 34.5 Å². The number of benzene rings is 1. The number of amides is 1. The van der Waals surface area contributed by atoms with Crippen LogP contribution in [0.1, 0.15) is 44.1 Å². The summed E-state index contributed by atoms with van der Waals surface area (Å²) in [5, 5.41) is 3.32. The minimum absolute atomic E-state index is 0.195.